The number of sulfonamides is 2. The minimum absolute atomic E-state index is 0.0524. The van der Waals surface area contributed by atoms with Crippen LogP contribution in [0.1, 0.15) is 19.4 Å². The van der Waals surface area contributed by atoms with Crippen molar-refractivity contribution >= 4 is 37.4 Å². The Morgan fingerprint density at radius 2 is 1.79 bits per heavy atom. The quantitative estimate of drug-likeness (QED) is 0.364. The van der Waals surface area contributed by atoms with Crippen LogP contribution in [-0.2, 0) is 20.0 Å². The normalized spacial score (nSPS) is 19.4. The molecule has 10 nitrogen and oxygen atoms in total. The number of benzene rings is 2. The van der Waals surface area contributed by atoms with E-state index in [0.29, 0.717) is 16.9 Å². The number of primary sulfonamides is 1. The number of hydrogen-bond acceptors (Lipinski definition) is 8. The zero-order chi connectivity index (χ0) is 25.1. The number of nitrogens with one attached hydrogen (secondary N) is 4. The summed E-state index contributed by atoms with van der Waals surface area (Å²) in [5.41, 5.74) is -0.553. The van der Waals surface area contributed by atoms with Crippen molar-refractivity contribution in [1.29, 1.82) is 0 Å². The van der Waals surface area contributed by atoms with E-state index >= 15 is 4.39 Å². The zero-order valence-corrected chi connectivity index (χ0v) is 20.5. The molecular weight excluding hydrogens is 483 g/mol. The van der Waals surface area contributed by atoms with E-state index in [0.717, 1.165) is 6.20 Å². The van der Waals surface area contributed by atoms with Gasteiger partial charge in [-0.15, -0.1) is 0 Å². The molecule has 1 heterocycles. The van der Waals surface area contributed by atoms with Crippen LogP contribution in [0.15, 0.2) is 70.4 Å². The fourth-order valence-electron chi connectivity index (χ4n) is 3.37. The minimum atomic E-state index is -3.97. The number of aliphatic imine (C=N–C) groups is 1. The molecule has 2 unspecified atom stereocenters. The van der Waals surface area contributed by atoms with Gasteiger partial charge in [-0.1, -0.05) is 24.3 Å². The van der Waals surface area contributed by atoms with Gasteiger partial charge in [-0.05, 0) is 50.6 Å². The van der Waals surface area contributed by atoms with E-state index in [-0.39, 0.29) is 16.6 Å². The van der Waals surface area contributed by atoms with Gasteiger partial charge in [-0.3, -0.25) is 0 Å². The molecule has 0 aliphatic carbocycles. The van der Waals surface area contributed by atoms with Crippen molar-refractivity contribution in [2.75, 3.05) is 16.4 Å². The van der Waals surface area contributed by atoms with Crippen LogP contribution in [0.25, 0.3) is 0 Å². The molecule has 0 spiro atoms. The van der Waals surface area contributed by atoms with Gasteiger partial charge in [0.25, 0.3) is 0 Å². The Labute approximate surface area is 198 Å². The van der Waals surface area contributed by atoms with Gasteiger partial charge < -0.3 is 16.0 Å². The van der Waals surface area contributed by atoms with Crippen LogP contribution in [-0.4, -0.2) is 40.3 Å². The highest BCUT2D eigenvalue weighted by atomic mass is 32.2. The van der Waals surface area contributed by atoms with E-state index in [2.05, 4.69) is 25.7 Å². The fourth-order valence-corrected chi connectivity index (χ4v) is 5.05. The predicted molar refractivity (Wildman–Crippen MR) is 131 cm³/mol. The van der Waals surface area contributed by atoms with Crippen LogP contribution in [0, 0.1) is 6.92 Å². The Morgan fingerprint density at radius 3 is 2.41 bits per heavy atom. The molecule has 184 valence electrons. The second-order valence-electron chi connectivity index (χ2n) is 7.75. The van der Waals surface area contributed by atoms with Gasteiger partial charge in [0, 0.05) is 17.6 Å². The van der Waals surface area contributed by atoms with Crippen molar-refractivity contribution in [3.05, 3.63) is 66.1 Å². The monoisotopic (exact) mass is 510 g/mol. The van der Waals surface area contributed by atoms with Crippen LogP contribution in [0.5, 0.6) is 0 Å². The first kappa shape index (κ1) is 25.6. The number of halogens is 1. The highest BCUT2D eigenvalue weighted by Crippen LogP contribution is 2.32. The average Bonchev–Trinajstić information content (AvgIpc) is 2.77. The SMILES string of the molecule is CCS(=O)(=O)NC(C)C1(Nc2ccccc2)N=C(Nc2ccc(C)c(S(N)(=O)=O)c2)NC=C1F. The maximum atomic E-state index is 15.4. The summed E-state index contributed by atoms with van der Waals surface area (Å²) in [6.07, 6.45) is 1.05. The molecule has 3 rings (SSSR count). The Balaban J connectivity index is 2.05. The summed E-state index contributed by atoms with van der Waals surface area (Å²) < 4.78 is 66.1. The van der Waals surface area contributed by atoms with Crippen molar-refractivity contribution < 1.29 is 21.2 Å². The van der Waals surface area contributed by atoms with E-state index in [4.69, 9.17) is 5.14 Å². The topological polar surface area (TPSA) is 155 Å². The van der Waals surface area contributed by atoms with Crippen LogP contribution < -0.4 is 25.8 Å². The lowest BCUT2D eigenvalue weighted by atomic mass is 10.00. The largest absolute Gasteiger partial charge is 0.354 e. The predicted octanol–water partition coefficient (Wildman–Crippen LogP) is 1.96. The third-order valence-corrected chi connectivity index (χ3v) is 7.74. The summed E-state index contributed by atoms with van der Waals surface area (Å²) >= 11 is 0. The van der Waals surface area contributed by atoms with Crippen molar-refractivity contribution in [3.63, 3.8) is 0 Å². The Hall–Kier alpha value is -3.00. The van der Waals surface area contributed by atoms with Crippen molar-refractivity contribution in [3.8, 4) is 0 Å². The molecule has 6 N–H and O–H groups in total. The van der Waals surface area contributed by atoms with Gasteiger partial charge >= 0.3 is 0 Å². The lowest BCUT2D eigenvalue weighted by Gasteiger charge is -2.38. The molecule has 0 fully saturated rings. The number of aryl methyl sites for hydroxylation is 1. The molecule has 0 bridgehead atoms. The summed E-state index contributed by atoms with van der Waals surface area (Å²) in [6.45, 7) is 4.57. The second kappa shape index (κ2) is 9.70. The molecule has 0 saturated carbocycles. The molecule has 0 aromatic heterocycles. The third kappa shape index (κ3) is 5.73. The van der Waals surface area contributed by atoms with E-state index in [1.807, 2.05) is 0 Å². The highest BCUT2D eigenvalue weighted by Gasteiger charge is 2.45. The molecule has 0 saturated heterocycles. The van der Waals surface area contributed by atoms with E-state index < -0.39 is 37.6 Å². The van der Waals surface area contributed by atoms with Gasteiger partial charge in [0.05, 0.1) is 16.7 Å². The van der Waals surface area contributed by atoms with Crippen molar-refractivity contribution in [2.45, 2.75) is 37.4 Å². The maximum Gasteiger partial charge on any atom is 0.238 e. The van der Waals surface area contributed by atoms with E-state index in [1.165, 1.54) is 19.9 Å². The molecule has 1 aliphatic rings. The number of nitrogens with two attached hydrogens (primary N) is 1. The van der Waals surface area contributed by atoms with Gasteiger partial charge in [-0.2, -0.15) is 0 Å². The standard InChI is InChI=1S/C21H27FN6O4S2/c1-4-33(29,30)28-15(3)21(26-16-8-6-5-7-9-16)19(22)13-24-20(27-21)25-17-11-10-14(2)18(12-17)34(23,31)32/h5-13,15,26,28H,4H2,1-3H3,(H2,23,31,32)(H2,24,25,27). The minimum Gasteiger partial charge on any atom is -0.354 e. The van der Waals surface area contributed by atoms with Crippen molar-refractivity contribution in [2.24, 2.45) is 10.1 Å². The molecule has 0 radical (unpaired) electrons. The van der Waals surface area contributed by atoms with Crippen LogP contribution in [0.3, 0.4) is 0 Å². The van der Waals surface area contributed by atoms with Crippen LogP contribution in [0.4, 0.5) is 15.8 Å². The smallest absolute Gasteiger partial charge is 0.238 e. The van der Waals surface area contributed by atoms with Gasteiger partial charge in [0.1, 0.15) is 0 Å². The number of hydrogen-bond donors (Lipinski definition) is 5. The molecule has 1 aliphatic heterocycles. The van der Waals surface area contributed by atoms with Gasteiger partial charge in [0.15, 0.2) is 5.83 Å². The zero-order valence-electron chi connectivity index (χ0n) is 18.8. The van der Waals surface area contributed by atoms with Crippen molar-refractivity contribution in [1.82, 2.24) is 10.0 Å². The molecule has 0 amide bonds. The fraction of sp³-hybridized carbons (Fsp3) is 0.286. The van der Waals surface area contributed by atoms with Crippen LogP contribution >= 0.6 is 0 Å². The van der Waals surface area contributed by atoms with E-state index in [9.17, 15) is 16.8 Å². The molecule has 34 heavy (non-hydrogen) atoms. The average molecular weight is 511 g/mol. The number of guanidine groups is 1. The number of nitrogens with zero attached hydrogens (tertiary/aromatic N) is 1. The summed E-state index contributed by atoms with van der Waals surface area (Å²) in [7, 11) is -7.67. The lowest BCUT2D eigenvalue weighted by molar-refractivity contribution is 0.360. The third-order valence-electron chi connectivity index (χ3n) is 5.22. The molecule has 2 atom stereocenters. The van der Waals surface area contributed by atoms with Gasteiger partial charge in [-0.25, -0.2) is 36.1 Å². The summed E-state index contributed by atoms with van der Waals surface area (Å²) in [5.74, 6) is -0.907. The number of rotatable bonds is 8. The second-order valence-corrected chi connectivity index (χ2v) is 11.3. The molecule has 13 heteroatoms. The molecule has 2 aromatic carbocycles. The first-order valence-corrected chi connectivity index (χ1v) is 13.5. The summed E-state index contributed by atoms with van der Waals surface area (Å²) in [6, 6.07) is 12.1. The highest BCUT2D eigenvalue weighted by molar-refractivity contribution is 7.89. The number of para-hydroxylation sites is 1. The molecular formula is C21H27FN6O4S2. The van der Waals surface area contributed by atoms with Crippen LogP contribution in [0.2, 0.25) is 0 Å². The first-order valence-electron chi connectivity index (χ1n) is 10.3. The summed E-state index contributed by atoms with van der Waals surface area (Å²) in [5, 5.41) is 13.9. The number of anilines is 2. The first-order chi connectivity index (χ1) is 15.9. The lowest BCUT2D eigenvalue weighted by Crippen LogP contribution is -2.58. The Kier molecular flexibility index (Phi) is 7.31. The summed E-state index contributed by atoms with van der Waals surface area (Å²) in [4.78, 5) is 4.37. The Morgan fingerprint density at radius 1 is 1.12 bits per heavy atom. The maximum absolute atomic E-state index is 15.4. The van der Waals surface area contributed by atoms with E-state index in [1.54, 1.807) is 49.4 Å². The van der Waals surface area contributed by atoms with Gasteiger partial charge in [0.2, 0.25) is 31.7 Å². The Bertz CT molecular complexity index is 1330. The molecule has 2 aromatic rings.